The zero-order valence-electron chi connectivity index (χ0n) is 30.2. The van der Waals surface area contributed by atoms with Crippen LogP contribution in [0.2, 0.25) is 15.1 Å². The number of Topliss-reactive ketones (excluding diaryl/α,β-unsaturated/α-hetero) is 2. The number of aromatic carboxylic acids is 1. The number of hydrogen-bond acceptors (Lipinski definition) is 5. The lowest BCUT2D eigenvalue weighted by molar-refractivity contribution is -0.117. The molecule has 5 aromatic carbocycles. The Balaban J connectivity index is 0.000000230. The van der Waals surface area contributed by atoms with Crippen LogP contribution in [0.1, 0.15) is 57.3 Å². The van der Waals surface area contributed by atoms with E-state index in [4.69, 9.17) is 44.3 Å². The molecule has 0 saturated heterocycles. The van der Waals surface area contributed by atoms with Crippen LogP contribution in [-0.4, -0.2) is 27.2 Å². The first-order valence-electron chi connectivity index (χ1n) is 17.1. The zero-order chi connectivity index (χ0) is 41.4. The number of ketones is 2. The highest BCUT2D eigenvalue weighted by Crippen LogP contribution is 2.37. The lowest BCUT2D eigenvalue weighted by Crippen LogP contribution is -2.07. The van der Waals surface area contributed by atoms with E-state index in [1.807, 2.05) is 23.6 Å². The molecule has 0 radical (unpaired) electrons. The van der Waals surface area contributed by atoms with Crippen LogP contribution < -0.4 is 9.47 Å². The Morgan fingerprint density at radius 1 is 0.649 bits per heavy atom. The molecule has 14 heteroatoms. The number of halogens is 7. The number of hydrogen-bond donors (Lipinski definition) is 1. The van der Waals surface area contributed by atoms with Gasteiger partial charge in [0, 0.05) is 63.1 Å². The molecule has 0 aliphatic carbocycles. The lowest BCUT2D eigenvalue weighted by Gasteiger charge is -2.17. The van der Waals surface area contributed by atoms with E-state index in [1.54, 1.807) is 30.3 Å². The van der Waals surface area contributed by atoms with Gasteiger partial charge in [-0.05, 0) is 105 Å². The van der Waals surface area contributed by atoms with Gasteiger partial charge < -0.3 is 23.9 Å². The summed E-state index contributed by atoms with van der Waals surface area (Å²) in [6.07, 6.45) is 0.161. The van der Waals surface area contributed by atoms with Crippen molar-refractivity contribution in [3.05, 3.63) is 169 Å². The van der Waals surface area contributed by atoms with E-state index in [0.29, 0.717) is 32.7 Å². The Bertz CT molecular complexity index is 2470. The molecule has 0 saturated carbocycles. The number of carboxylic acid groups (broad SMARTS) is 1. The van der Waals surface area contributed by atoms with E-state index in [1.165, 1.54) is 49.4 Å². The number of rotatable bonds is 13. The maximum atomic E-state index is 14.1. The summed E-state index contributed by atoms with van der Waals surface area (Å²) in [5.41, 5.74) is 3.28. The van der Waals surface area contributed by atoms with Crippen LogP contribution in [0.25, 0.3) is 16.9 Å². The van der Waals surface area contributed by atoms with Crippen LogP contribution >= 0.6 is 34.8 Å². The van der Waals surface area contributed by atoms with Crippen molar-refractivity contribution in [1.29, 1.82) is 0 Å². The highest BCUT2D eigenvalue weighted by Gasteiger charge is 2.19. The maximum absolute atomic E-state index is 14.1. The minimum atomic E-state index is -1.14. The molecule has 0 amide bonds. The van der Waals surface area contributed by atoms with Crippen molar-refractivity contribution in [2.24, 2.45) is 0 Å². The summed E-state index contributed by atoms with van der Waals surface area (Å²) < 4.78 is 67.0. The van der Waals surface area contributed by atoms with Crippen molar-refractivity contribution in [1.82, 2.24) is 4.57 Å². The fraction of sp³-hybridized carbons (Fsp3) is 0.140. The molecule has 57 heavy (non-hydrogen) atoms. The SMILES string of the molecule is CC(=O)CCC(=O)c1cc(Cl)ccc1OCc1ccc(F)cc1F.Cc1ccc(-c2cc(Cl)ccc2OCc2ccc(F)cc2F)n1-c1ccc(Cl)c(C(=O)O)c1. The quantitative estimate of drug-likeness (QED) is 0.0919. The fourth-order valence-electron chi connectivity index (χ4n) is 5.59. The molecular weight excluding hydrogens is 809 g/mol. The van der Waals surface area contributed by atoms with Crippen molar-refractivity contribution in [3.63, 3.8) is 0 Å². The summed E-state index contributed by atoms with van der Waals surface area (Å²) >= 11 is 18.2. The number of aryl methyl sites for hydroxylation is 1. The number of benzene rings is 5. The molecule has 1 N–H and O–H groups in total. The first-order chi connectivity index (χ1) is 27.1. The van der Waals surface area contributed by atoms with Gasteiger partial charge in [0.15, 0.2) is 5.78 Å². The van der Waals surface area contributed by atoms with Crippen LogP contribution in [0.3, 0.4) is 0 Å². The average molecular weight is 841 g/mol. The molecule has 0 atom stereocenters. The lowest BCUT2D eigenvalue weighted by atomic mass is 10.0. The van der Waals surface area contributed by atoms with Gasteiger partial charge in [-0.15, -0.1) is 0 Å². The molecule has 6 aromatic rings. The Morgan fingerprint density at radius 2 is 1.23 bits per heavy atom. The first kappa shape index (κ1) is 42.5. The van der Waals surface area contributed by atoms with Crippen LogP contribution in [0, 0.1) is 30.2 Å². The molecular formula is C43H32Cl3F4NO6. The smallest absolute Gasteiger partial charge is 0.337 e. The van der Waals surface area contributed by atoms with Gasteiger partial charge in [0.25, 0.3) is 0 Å². The van der Waals surface area contributed by atoms with E-state index in [2.05, 4.69) is 0 Å². The monoisotopic (exact) mass is 839 g/mol. The van der Waals surface area contributed by atoms with Crippen LogP contribution in [0.15, 0.2) is 103 Å². The number of carbonyl (C=O) groups is 3. The molecule has 0 aliphatic heterocycles. The molecule has 0 unspecified atom stereocenters. The number of carbonyl (C=O) groups excluding carboxylic acids is 2. The van der Waals surface area contributed by atoms with Gasteiger partial charge in [0.1, 0.15) is 53.8 Å². The van der Waals surface area contributed by atoms with Gasteiger partial charge in [0.2, 0.25) is 0 Å². The van der Waals surface area contributed by atoms with Crippen molar-refractivity contribution < 1.29 is 46.5 Å². The van der Waals surface area contributed by atoms with E-state index < -0.39 is 29.2 Å². The van der Waals surface area contributed by atoms with Crippen LogP contribution in [0.4, 0.5) is 17.6 Å². The van der Waals surface area contributed by atoms with Crippen molar-refractivity contribution >= 4 is 52.3 Å². The molecule has 0 spiro atoms. The summed E-state index contributed by atoms with van der Waals surface area (Å²) in [7, 11) is 0. The Kier molecular flexibility index (Phi) is 14.2. The number of ether oxygens (including phenoxy) is 2. The predicted octanol–water partition coefficient (Wildman–Crippen LogP) is 12.1. The second-order valence-corrected chi connectivity index (χ2v) is 13.9. The fourth-order valence-corrected chi connectivity index (χ4v) is 6.14. The summed E-state index contributed by atoms with van der Waals surface area (Å²) in [5, 5.41) is 10.4. The van der Waals surface area contributed by atoms with Gasteiger partial charge in [-0.1, -0.05) is 34.8 Å². The third-order valence-corrected chi connectivity index (χ3v) is 9.27. The van der Waals surface area contributed by atoms with E-state index >= 15 is 0 Å². The van der Waals surface area contributed by atoms with Gasteiger partial charge >= 0.3 is 5.97 Å². The Labute approximate surface area is 340 Å². The molecule has 1 heterocycles. The minimum Gasteiger partial charge on any atom is -0.488 e. The molecule has 6 rings (SSSR count). The standard InChI is InChI=1S/C25H17Cl2F2NO3.C18H15ClF2O3/c1-14-2-8-23(30(14)18-6-7-21(27)19(12-18)25(31)32)20-10-16(26)4-9-24(20)33-13-15-3-5-17(28)11-22(15)29;1-11(22)2-6-17(23)15-8-13(19)4-7-18(15)24-10-12-3-5-14(20)9-16(12)21/h2-12H,13H2,1H3,(H,31,32);3-5,7-9H,2,6,10H2,1H3. The molecule has 294 valence electrons. The molecule has 0 fully saturated rings. The van der Waals surface area contributed by atoms with Gasteiger partial charge in [-0.3, -0.25) is 4.79 Å². The first-order valence-corrected chi connectivity index (χ1v) is 18.2. The van der Waals surface area contributed by atoms with E-state index in [9.17, 15) is 37.1 Å². The van der Waals surface area contributed by atoms with Crippen LogP contribution in [-0.2, 0) is 18.0 Å². The maximum Gasteiger partial charge on any atom is 0.337 e. The number of carboxylic acids is 1. The molecule has 1 aromatic heterocycles. The van der Waals surface area contributed by atoms with E-state index in [0.717, 1.165) is 23.9 Å². The molecule has 7 nitrogen and oxygen atoms in total. The average Bonchev–Trinajstić information content (AvgIpc) is 3.55. The summed E-state index contributed by atoms with van der Waals surface area (Å²) in [5.74, 6) is -3.64. The van der Waals surface area contributed by atoms with Gasteiger partial charge in [-0.2, -0.15) is 0 Å². The normalized spacial score (nSPS) is 10.8. The zero-order valence-corrected chi connectivity index (χ0v) is 32.5. The highest BCUT2D eigenvalue weighted by molar-refractivity contribution is 6.33. The highest BCUT2D eigenvalue weighted by atomic mass is 35.5. The topological polar surface area (TPSA) is 94.8 Å². The van der Waals surface area contributed by atoms with E-state index in [-0.39, 0.29) is 70.6 Å². The van der Waals surface area contributed by atoms with Gasteiger partial charge in [0.05, 0.1) is 21.8 Å². The van der Waals surface area contributed by atoms with Crippen molar-refractivity contribution in [2.45, 2.75) is 39.9 Å². The van der Waals surface area contributed by atoms with Crippen molar-refractivity contribution in [2.75, 3.05) is 0 Å². The Hall–Kier alpha value is -5.62. The largest absolute Gasteiger partial charge is 0.488 e. The van der Waals surface area contributed by atoms with Crippen LogP contribution in [0.5, 0.6) is 11.5 Å². The summed E-state index contributed by atoms with van der Waals surface area (Å²) in [6.45, 7) is 2.99. The Morgan fingerprint density at radius 3 is 1.81 bits per heavy atom. The van der Waals surface area contributed by atoms with Crippen molar-refractivity contribution in [3.8, 4) is 28.4 Å². The molecule has 0 aliphatic rings. The number of nitrogens with zero attached hydrogens (tertiary/aromatic N) is 1. The predicted molar refractivity (Wildman–Crippen MR) is 210 cm³/mol. The minimum absolute atomic E-state index is 0.0254. The molecule has 0 bridgehead atoms. The summed E-state index contributed by atoms with van der Waals surface area (Å²) in [4.78, 5) is 34.8. The second kappa shape index (κ2) is 19.0. The third kappa shape index (κ3) is 11.0. The van der Waals surface area contributed by atoms with Gasteiger partial charge in [-0.25, -0.2) is 22.4 Å². The summed E-state index contributed by atoms with van der Waals surface area (Å²) in [6, 6.07) is 24.4. The second-order valence-electron chi connectivity index (χ2n) is 12.6. The number of aromatic nitrogens is 1. The third-order valence-electron chi connectivity index (χ3n) is 8.47.